The lowest BCUT2D eigenvalue weighted by Crippen LogP contribution is -2.39. The first-order valence-corrected chi connectivity index (χ1v) is 8.32. The molecule has 0 spiro atoms. The second-order valence-corrected chi connectivity index (χ2v) is 6.14. The Kier molecular flexibility index (Phi) is 3.97. The highest BCUT2D eigenvalue weighted by Crippen LogP contribution is 2.29. The zero-order valence-corrected chi connectivity index (χ0v) is 13.5. The number of rotatable bonds is 2. The summed E-state index contributed by atoms with van der Waals surface area (Å²) in [5.41, 5.74) is 4.79. The van der Waals surface area contributed by atoms with Gasteiger partial charge in [-0.3, -0.25) is 0 Å². The molecular formula is C18H22N4O. The molecule has 3 heterocycles. The fourth-order valence-electron chi connectivity index (χ4n) is 3.32. The quantitative estimate of drug-likeness (QED) is 0.918. The third-order valence-corrected chi connectivity index (χ3v) is 4.61. The monoisotopic (exact) mass is 310 g/mol. The molecule has 23 heavy (non-hydrogen) atoms. The van der Waals surface area contributed by atoms with E-state index in [1.807, 2.05) is 0 Å². The van der Waals surface area contributed by atoms with Gasteiger partial charge in [0.15, 0.2) is 5.82 Å². The molecule has 4 rings (SSSR count). The van der Waals surface area contributed by atoms with Crippen LogP contribution in [0.25, 0.3) is 11.4 Å². The summed E-state index contributed by atoms with van der Waals surface area (Å²) in [7, 11) is 0. The van der Waals surface area contributed by atoms with Crippen LogP contribution in [0.3, 0.4) is 0 Å². The number of anilines is 1. The number of fused-ring (bicyclic) bond motifs is 1. The highest BCUT2D eigenvalue weighted by Gasteiger charge is 2.23. The molecule has 1 fully saturated rings. The molecule has 120 valence electrons. The van der Waals surface area contributed by atoms with E-state index in [-0.39, 0.29) is 0 Å². The lowest BCUT2D eigenvalue weighted by atomic mass is 10.0. The Morgan fingerprint density at radius 2 is 1.96 bits per heavy atom. The van der Waals surface area contributed by atoms with Crippen LogP contribution in [-0.4, -0.2) is 42.8 Å². The van der Waals surface area contributed by atoms with Crippen LogP contribution in [0.5, 0.6) is 0 Å². The molecule has 0 radical (unpaired) electrons. The maximum absolute atomic E-state index is 5.50. The molecule has 2 aromatic rings. The van der Waals surface area contributed by atoms with Gasteiger partial charge in [0, 0.05) is 30.8 Å². The molecule has 0 atom stereocenters. The zero-order chi connectivity index (χ0) is 15.6. The predicted octanol–water partition coefficient (Wildman–Crippen LogP) is 1.93. The van der Waals surface area contributed by atoms with E-state index in [4.69, 9.17) is 14.7 Å². The van der Waals surface area contributed by atoms with Crippen molar-refractivity contribution in [1.29, 1.82) is 0 Å². The molecule has 0 aliphatic carbocycles. The van der Waals surface area contributed by atoms with Crippen LogP contribution in [0.4, 0.5) is 5.82 Å². The fourth-order valence-corrected chi connectivity index (χ4v) is 3.32. The lowest BCUT2D eigenvalue weighted by Gasteiger charge is -2.31. The zero-order valence-electron chi connectivity index (χ0n) is 13.5. The van der Waals surface area contributed by atoms with Crippen molar-refractivity contribution in [2.24, 2.45) is 0 Å². The van der Waals surface area contributed by atoms with E-state index in [9.17, 15) is 0 Å². The predicted molar refractivity (Wildman–Crippen MR) is 90.6 cm³/mol. The first-order chi connectivity index (χ1) is 11.3. The van der Waals surface area contributed by atoms with Gasteiger partial charge in [-0.05, 0) is 25.5 Å². The third kappa shape index (κ3) is 2.82. The van der Waals surface area contributed by atoms with Gasteiger partial charge in [0.05, 0.1) is 18.9 Å². The Bertz CT molecular complexity index is 710. The number of benzene rings is 1. The van der Waals surface area contributed by atoms with Crippen molar-refractivity contribution in [3.05, 3.63) is 41.1 Å². The minimum Gasteiger partial charge on any atom is -0.378 e. The molecule has 1 saturated heterocycles. The van der Waals surface area contributed by atoms with E-state index < -0.39 is 0 Å². The molecule has 2 aliphatic heterocycles. The molecule has 5 nitrogen and oxygen atoms in total. The maximum atomic E-state index is 5.50. The SMILES string of the molecule is Cc1ccccc1-c1nc2c(c(N3CCOCC3)n1)CCNC2. The number of ether oxygens (including phenoxy) is 1. The van der Waals surface area contributed by atoms with E-state index in [2.05, 4.69) is 41.4 Å². The van der Waals surface area contributed by atoms with Crippen molar-refractivity contribution in [3.8, 4) is 11.4 Å². The van der Waals surface area contributed by atoms with Crippen molar-refractivity contribution in [2.75, 3.05) is 37.7 Å². The minimum absolute atomic E-state index is 0.775. The van der Waals surface area contributed by atoms with Crippen molar-refractivity contribution in [3.63, 3.8) is 0 Å². The summed E-state index contributed by atoms with van der Waals surface area (Å²) in [6, 6.07) is 8.33. The van der Waals surface area contributed by atoms with Gasteiger partial charge in [-0.1, -0.05) is 24.3 Å². The number of nitrogens with zero attached hydrogens (tertiary/aromatic N) is 3. The van der Waals surface area contributed by atoms with Gasteiger partial charge in [-0.15, -0.1) is 0 Å². The third-order valence-electron chi connectivity index (χ3n) is 4.61. The maximum Gasteiger partial charge on any atom is 0.162 e. The molecule has 5 heteroatoms. The van der Waals surface area contributed by atoms with Crippen molar-refractivity contribution in [1.82, 2.24) is 15.3 Å². The summed E-state index contributed by atoms with van der Waals surface area (Å²) in [5.74, 6) is 1.95. The van der Waals surface area contributed by atoms with Gasteiger partial charge in [-0.25, -0.2) is 9.97 Å². The van der Waals surface area contributed by atoms with Gasteiger partial charge in [0.2, 0.25) is 0 Å². The minimum atomic E-state index is 0.775. The smallest absolute Gasteiger partial charge is 0.162 e. The highest BCUT2D eigenvalue weighted by molar-refractivity contribution is 5.64. The van der Waals surface area contributed by atoms with E-state index >= 15 is 0 Å². The van der Waals surface area contributed by atoms with Crippen LogP contribution >= 0.6 is 0 Å². The molecule has 1 aromatic carbocycles. The summed E-state index contributed by atoms with van der Waals surface area (Å²) in [6.07, 6.45) is 0.996. The molecular weight excluding hydrogens is 288 g/mol. The topological polar surface area (TPSA) is 50.3 Å². The van der Waals surface area contributed by atoms with Crippen LogP contribution < -0.4 is 10.2 Å². The first-order valence-electron chi connectivity index (χ1n) is 8.32. The second-order valence-electron chi connectivity index (χ2n) is 6.14. The number of morpholine rings is 1. The largest absolute Gasteiger partial charge is 0.378 e. The van der Waals surface area contributed by atoms with Crippen LogP contribution in [0, 0.1) is 6.92 Å². The number of aromatic nitrogens is 2. The lowest BCUT2D eigenvalue weighted by molar-refractivity contribution is 0.122. The Morgan fingerprint density at radius 3 is 2.78 bits per heavy atom. The molecule has 2 aliphatic rings. The van der Waals surface area contributed by atoms with Gasteiger partial charge in [0.1, 0.15) is 5.82 Å². The Hall–Kier alpha value is -1.98. The summed E-state index contributed by atoms with van der Waals surface area (Å²) in [4.78, 5) is 12.2. The Labute approximate surface area is 136 Å². The molecule has 0 unspecified atom stereocenters. The van der Waals surface area contributed by atoms with Gasteiger partial charge >= 0.3 is 0 Å². The van der Waals surface area contributed by atoms with Crippen molar-refractivity contribution >= 4 is 5.82 Å². The van der Waals surface area contributed by atoms with E-state index in [0.29, 0.717) is 0 Å². The highest BCUT2D eigenvalue weighted by atomic mass is 16.5. The van der Waals surface area contributed by atoms with E-state index in [1.165, 1.54) is 11.1 Å². The number of nitrogens with one attached hydrogen (secondary N) is 1. The van der Waals surface area contributed by atoms with Crippen LogP contribution in [-0.2, 0) is 17.7 Å². The standard InChI is InChI=1S/C18H22N4O/c1-13-4-2-3-5-14(13)17-20-16-12-19-7-6-15(16)18(21-17)22-8-10-23-11-9-22/h2-5,19H,6-12H2,1H3. The first kappa shape index (κ1) is 14.6. The Balaban J connectivity index is 1.83. The fraction of sp³-hybridized carbons (Fsp3) is 0.444. The number of hydrogen-bond acceptors (Lipinski definition) is 5. The molecule has 0 bridgehead atoms. The van der Waals surface area contributed by atoms with Crippen LogP contribution in [0.1, 0.15) is 16.8 Å². The summed E-state index contributed by atoms with van der Waals surface area (Å²) < 4.78 is 5.50. The molecule has 0 saturated carbocycles. The number of aryl methyl sites for hydroxylation is 1. The summed E-state index contributed by atoms with van der Waals surface area (Å²) in [6.45, 7) is 7.30. The molecule has 1 aromatic heterocycles. The van der Waals surface area contributed by atoms with E-state index in [1.54, 1.807) is 0 Å². The van der Waals surface area contributed by atoms with Crippen molar-refractivity contribution in [2.45, 2.75) is 19.9 Å². The average Bonchev–Trinajstić information content (AvgIpc) is 2.62. The van der Waals surface area contributed by atoms with Gasteiger partial charge in [0.25, 0.3) is 0 Å². The van der Waals surface area contributed by atoms with Crippen LogP contribution in [0.15, 0.2) is 24.3 Å². The summed E-state index contributed by atoms with van der Waals surface area (Å²) >= 11 is 0. The van der Waals surface area contributed by atoms with Gasteiger partial charge < -0.3 is 15.0 Å². The van der Waals surface area contributed by atoms with Crippen molar-refractivity contribution < 1.29 is 4.74 Å². The normalized spacial score (nSPS) is 17.9. The van der Waals surface area contributed by atoms with Gasteiger partial charge in [-0.2, -0.15) is 0 Å². The molecule has 0 amide bonds. The van der Waals surface area contributed by atoms with E-state index in [0.717, 1.165) is 68.7 Å². The molecule has 1 N–H and O–H groups in total. The second kappa shape index (κ2) is 6.26. The number of hydrogen-bond donors (Lipinski definition) is 1. The van der Waals surface area contributed by atoms with Crippen LogP contribution in [0.2, 0.25) is 0 Å². The average molecular weight is 310 g/mol. The Morgan fingerprint density at radius 1 is 1.13 bits per heavy atom. The summed E-state index contributed by atoms with van der Waals surface area (Å²) in [5, 5.41) is 3.43.